The SMILES string of the molecule is CC(=O)C(=O)C[C@H]1Cc2cccc(C(=O)O)c2OB1O. The molecule has 0 amide bonds. The zero-order chi connectivity index (χ0) is 14.9. The van der Waals surface area contributed by atoms with Gasteiger partial charge in [0.1, 0.15) is 5.75 Å². The topological polar surface area (TPSA) is 101 Å². The Morgan fingerprint density at radius 2 is 2.10 bits per heavy atom. The Morgan fingerprint density at radius 3 is 2.70 bits per heavy atom. The maximum Gasteiger partial charge on any atom is 0.526 e. The van der Waals surface area contributed by atoms with Crippen LogP contribution in [0, 0.1) is 0 Å². The van der Waals surface area contributed by atoms with Crippen LogP contribution >= 0.6 is 0 Å². The second-order valence-electron chi connectivity index (χ2n) is 4.76. The highest BCUT2D eigenvalue weighted by Gasteiger charge is 2.38. The fourth-order valence-electron chi connectivity index (χ4n) is 2.21. The highest BCUT2D eigenvalue weighted by Crippen LogP contribution is 2.36. The minimum atomic E-state index is -1.30. The Labute approximate surface area is 115 Å². The van der Waals surface area contributed by atoms with Crippen molar-refractivity contribution in [2.75, 3.05) is 0 Å². The third-order valence-corrected chi connectivity index (χ3v) is 3.29. The van der Waals surface area contributed by atoms with Gasteiger partial charge in [-0.1, -0.05) is 12.1 Å². The summed E-state index contributed by atoms with van der Waals surface area (Å²) in [6, 6.07) is 4.64. The van der Waals surface area contributed by atoms with Crippen LogP contribution in [0.5, 0.6) is 5.75 Å². The van der Waals surface area contributed by atoms with Crippen LogP contribution in [0.3, 0.4) is 0 Å². The molecule has 0 aliphatic carbocycles. The first-order valence-corrected chi connectivity index (χ1v) is 6.13. The molecule has 0 spiro atoms. The van der Waals surface area contributed by atoms with Crippen molar-refractivity contribution in [1.82, 2.24) is 0 Å². The van der Waals surface area contributed by atoms with Crippen LogP contribution in [0.25, 0.3) is 0 Å². The Hall–Kier alpha value is -2.15. The molecular weight excluding hydrogens is 263 g/mol. The third-order valence-electron chi connectivity index (χ3n) is 3.29. The maximum absolute atomic E-state index is 11.4. The number of hydrogen-bond donors (Lipinski definition) is 2. The van der Waals surface area contributed by atoms with E-state index in [9.17, 15) is 19.4 Å². The fraction of sp³-hybridized carbons (Fsp3) is 0.308. The molecule has 2 rings (SSSR count). The number of hydrogen-bond acceptors (Lipinski definition) is 5. The van der Waals surface area contributed by atoms with Crippen molar-refractivity contribution in [2.45, 2.75) is 25.6 Å². The van der Waals surface area contributed by atoms with E-state index >= 15 is 0 Å². The predicted molar refractivity (Wildman–Crippen MR) is 69.8 cm³/mol. The number of carboxylic acids is 1. The fourth-order valence-corrected chi connectivity index (χ4v) is 2.21. The van der Waals surface area contributed by atoms with Gasteiger partial charge in [-0.25, -0.2) is 4.79 Å². The molecule has 2 N–H and O–H groups in total. The number of ketones is 2. The quantitative estimate of drug-likeness (QED) is 0.620. The Morgan fingerprint density at radius 1 is 1.40 bits per heavy atom. The van der Waals surface area contributed by atoms with Crippen molar-refractivity contribution in [3.05, 3.63) is 29.3 Å². The van der Waals surface area contributed by atoms with E-state index < -0.39 is 30.5 Å². The summed E-state index contributed by atoms with van der Waals surface area (Å²) in [5, 5.41) is 18.9. The number of rotatable bonds is 4. The monoisotopic (exact) mass is 276 g/mol. The van der Waals surface area contributed by atoms with Crippen LogP contribution in [0.1, 0.15) is 29.3 Å². The Kier molecular flexibility index (Phi) is 3.90. The first kappa shape index (κ1) is 14.3. The number of carbonyl (C=O) groups excluding carboxylic acids is 2. The van der Waals surface area contributed by atoms with E-state index in [2.05, 4.69) is 0 Å². The van der Waals surface area contributed by atoms with Crippen molar-refractivity contribution in [3.8, 4) is 5.75 Å². The Balaban J connectivity index is 2.26. The summed E-state index contributed by atoms with van der Waals surface area (Å²) in [5.41, 5.74) is 0.578. The van der Waals surface area contributed by atoms with E-state index in [1.54, 1.807) is 12.1 Å². The van der Waals surface area contributed by atoms with Crippen LogP contribution in [-0.4, -0.2) is 34.8 Å². The lowest BCUT2D eigenvalue weighted by Crippen LogP contribution is -2.36. The highest BCUT2D eigenvalue weighted by atomic mass is 16.5. The molecule has 1 aromatic carbocycles. The van der Waals surface area contributed by atoms with Gasteiger partial charge in [-0.15, -0.1) is 0 Å². The van der Waals surface area contributed by atoms with Gasteiger partial charge in [0.05, 0.1) is 5.56 Å². The van der Waals surface area contributed by atoms with Crippen molar-refractivity contribution < 1.29 is 29.2 Å². The van der Waals surface area contributed by atoms with Crippen molar-refractivity contribution in [2.24, 2.45) is 0 Å². The van der Waals surface area contributed by atoms with E-state index in [1.165, 1.54) is 13.0 Å². The zero-order valence-electron chi connectivity index (χ0n) is 10.8. The number of carbonyl (C=O) groups is 3. The van der Waals surface area contributed by atoms with Crippen molar-refractivity contribution in [1.29, 1.82) is 0 Å². The molecule has 1 atom stereocenters. The molecule has 1 heterocycles. The lowest BCUT2D eigenvalue weighted by atomic mass is 9.64. The summed E-state index contributed by atoms with van der Waals surface area (Å²) < 4.78 is 5.23. The summed E-state index contributed by atoms with van der Waals surface area (Å²) in [4.78, 5) is 33.5. The van der Waals surface area contributed by atoms with Crippen molar-refractivity contribution in [3.63, 3.8) is 0 Å². The molecule has 0 aromatic heterocycles. The molecule has 0 unspecified atom stereocenters. The van der Waals surface area contributed by atoms with Crippen LogP contribution in [0.4, 0.5) is 0 Å². The number of benzene rings is 1. The van der Waals surface area contributed by atoms with Gasteiger partial charge in [-0.05, 0) is 18.1 Å². The molecule has 1 aliphatic rings. The van der Waals surface area contributed by atoms with Gasteiger partial charge in [-0.3, -0.25) is 9.59 Å². The molecule has 20 heavy (non-hydrogen) atoms. The molecule has 0 saturated heterocycles. The first-order chi connectivity index (χ1) is 9.40. The van der Waals surface area contributed by atoms with E-state index in [-0.39, 0.29) is 24.2 Å². The van der Waals surface area contributed by atoms with Gasteiger partial charge < -0.3 is 14.8 Å². The summed E-state index contributed by atoms with van der Waals surface area (Å²) in [5.74, 6) is -2.72. The Bertz CT molecular complexity index is 582. The summed E-state index contributed by atoms with van der Waals surface area (Å²) in [6.07, 6.45) is 0.171. The molecule has 0 bridgehead atoms. The number of fused-ring (bicyclic) bond motifs is 1. The van der Waals surface area contributed by atoms with E-state index in [0.29, 0.717) is 5.56 Å². The normalized spacial score (nSPS) is 17.1. The molecular formula is C13H13BO6. The van der Waals surface area contributed by atoms with Gasteiger partial charge in [0.15, 0.2) is 11.6 Å². The van der Waals surface area contributed by atoms with Gasteiger partial charge >= 0.3 is 13.1 Å². The molecule has 0 radical (unpaired) electrons. The number of carboxylic acid groups (broad SMARTS) is 1. The largest absolute Gasteiger partial charge is 0.535 e. The average molecular weight is 276 g/mol. The summed E-state index contributed by atoms with van der Waals surface area (Å²) in [7, 11) is -1.30. The minimum Gasteiger partial charge on any atom is -0.535 e. The smallest absolute Gasteiger partial charge is 0.526 e. The molecule has 1 aliphatic heterocycles. The summed E-state index contributed by atoms with van der Waals surface area (Å²) in [6.45, 7) is 1.18. The molecule has 6 nitrogen and oxygen atoms in total. The minimum absolute atomic E-state index is 0.0297. The van der Waals surface area contributed by atoms with E-state index in [4.69, 9.17) is 9.76 Å². The first-order valence-electron chi connectivity index (χ1n) is 6.13. The van der Waals surface area contributed by atoms with Gasteiger partial charge in [0.2, 0.25) is 0 Å². The molecule has 7 heteroatoms. The van der Waals surface area contributed by atoms with Gasteiger partial charge in [-0.2, -0.15) is 0 Å². The lowest BCUT2D eigenvalue weighted by molar-refractivity contribution is -0.135. The number of aromatic carboxylic acids is 1. The van der Waals surface area contributed by atoms with Crippen LogP contribution in [0.2, 0.25) is 5.82 Å². The molecule has 1 aromatic rings. The predicted octanol–water partition coefficient (Wildman–Crippen LogP) is 0.719. The van der Waals surface area contributed by atoms with Crippen molar-refractivity contribution >= 4 is 24.7 Å². The number of Topliss-reactive ketones (excluding diaryl/α,β-unsaturated/α-hetero) is 2. The maximum atomic E-state index is 11.4. The molecule has 104 valence electrons. The van der Waals surface area contributed by atoms with Crippen LogP contribution < -0.4 is 4.65 Å². The standard InChI is InChI=1S/C13H13BO6/c1-7(15)11(16)6-9-5-8-3-2-4-10(13(17)18)12(8)20-14(9)19/h2-4,9,19H,5-6H2,1H3,(H,17,18)/t9-/m1/s1. The van der Waals surface area contributed by atoms with Crippen LogP contribution in [0.15, 0.2) is 18.2 Å². The van der Waals surface area contributed by atoms with E-state index in [0.717, 1.165) is 0 Å². The molecule has 0 fully saturated rings. The molecule has 0 saturated carbocycles. The van der Waals surface area contributed by atoms with Crippen LogP contribution in [-0.2, 0) is 16.0 Å². The number of para-hydroxylation sites is 1. The second kappa shape index (κ2) is 5.46. The van der Waals surface area contributed by atoms with Gasteiger partial charge in [0.25, 0.3) is 0 Å². The van der Waals surface area contributed by atoms with E-state index in [1.807, 2.05) is 0 Å². The summed E-state index contributed by atoms with van der Waals surface area (Å²) >= 11 is 0. The average Bonchev–Trinajstić information content (AvgIpc) is 2.38. The van der Waals surface area contributed by atoms with Gasteiger partial charge in [0, 0.05) is 19.2 Å². The highest BCUT2D eigenvalue weighted by molar-refractivity contribution is 6.48. The second-order valence-corrected chi connectivity index (χ2v) is 4.76. The zero-order valence-corrected chi connectivity index (χ0v) is 10.8. The third kappa shape index (κ3) is 2.72. The lowest BCUT2D eigenvalue weighted by Gasteiger charge is -2.27.